The Morgan fingerprint density at radius 1 is 1.18 bits per heavy atom. The molecule has 17 heavy (non-hydrogen) atoms. The monoisotopic (exact) mass is 250 g/mol. The van der Waals surface area contributed by atoms with Gasteiger partial charge >= 0.3 is 0 Å². The Bertz CT molecular complexity index is 613. The second kappa shape index (κ2) is 4.38. The van der Waals surface area contributed by atoms with Crippen LogP contribution in [0.3, 0.4) is 0 Å². The molecule has 7 heteroatoms. The van der Waals surface area contributed by atoms with E-state index >= 15 is 0 Å². The van der Waals surface area contributed by atoms with Gasteiger partial charge in [-0.2, -0.15) is 5.10 Å². The summed E-state index contributed by atoms with van der Waals surface area (Å²) >= 11 is 0. The lowest BCUT2D eigenvalue weighted by Gasteiger charge is -2.06. The van der Waals surface area contributed by atoms with E-state index in [0.29, 0.717) is 5.69 Å². The fraction of sp³-hybridized carbons (Fsp3) is 0. The molecule has 2 rings (SSSR count). The van der Waals surface area contributed by atoms with Crippen LogP contribution in [-0.2, 0) is 10.0 Å². The van der Waals surface area contributed by atoms with E-state index in [0.717, 1.165) is 0 Å². The highest BCUT2D eigenvalue weighted by Gasteiger charge is 2.14. The number of nitrogens with two attached hydrogens (primary N) is 1. The van der Waals surface area contributed by atoms with Gasteiger partial charge in [0.05, 0.1) is 4.90 Å². The molecule has 0 spiro atoms. The summed E-state index contributed by atoms with van der Waals surface area (Å²) in [4.78, 5) is 0.0863. The second-order valence-corrected chi connectivity index (χ2v) is 4.97. The van der Waals surface area contributed by atoms with E-state index in [1.807, 2.05) is 0 Å². The van der Waals surface area contributed by atoms with Crippen molar-refractivity contribution < 1.29 is 8.42 Å². The molecule has 0 aliphatic heterocycles. The van der Waals surface area contributed by atoms with Crippen molar-refractivity contribution in [2.75, 3.05) is 10.5 Å². The maximum absolute atomic E-state index is 11.9. The van der Waals surface area contributed by atoms with E-state index in [1.54, 1.807) is 18.2 Å². The van der Waals surface area contributed by atoms with E-state index in [2.05, 4.69) is 14.9 Å². The summed E-state index contributed by atoms with van der Waals surface area (Å²) in [6.45, 7) is 0. The molecule has 0 radical (unpaired) electrons. The zero-order valence-electron chi connectivity index (χ0n) is 8.74. The first kappa shape index (κ1) is 11.3. The largest absolute Gasteiger partial charge is 0.399 e. The minimum atomic E-state index is -3.67. The fourth-order valence-electron chi connectivity index (χ4n) is 1.23. The molecule has 0 saturated heterocycles. The smallest absolute Gasteiger partial charge is 0.263 e. The van der Waals surface area contributed by atoms with Crippen LogP contribution in [0, 0.1) is 0 Å². The highest BCUT2D eigenvalue weighted by atomic mass is 32.2. The number of hydrogen-bond donors (Lipinski definition) is 2. The Hall–Kier alpha value is -2.15. The molecule has 2 aromatic rings. The molecule has 0 bridgehead atoms. The van der Waals surface area contributed by atoms with Crippen molar-refractivity contribution in [2.45, 2.75) is 4.90 Å². The number of hydrogen-bond acceptors (Lipinski definition) is 5. The van der Waals surface area contributed by atoms with Crippen molar-refractivity contribution in [1.82, 2.24) is 10.2 Å². The number of nitrogens with one attached hydrogen (secondary N) is 1. The highest BCUT2D eigenvalue weighted by Crippen LogP contribution is 2.15. The zero-order valence-corrected chi connectivity index (χ0v) is 9.55. The summed E-state index contributed by atoms with van der Waals surface area (Å²) < 4.78 is 26.1. The average molecular weight is 250 g/mol. The standard InChI is InChI=1S/C10H10N4O2S/c11-8-3-1-4-9(7-8)17(15,16)14-10-5-2-6-12-13-10/h1-7H,11H2,(H,13,14). The Labute approximate surface area is 98.5 Å². The molecule has 0 fully saturated rings. The highest BCUT2D eigenvalue weighted by molar-refractivity contribution is 7.92. The van der Waals surface area contributed by atoms with Gasteiger partial charge in [-0.25, -0.2) is 8.42 Å². The van der Waals surface area contributed by atoms with Gasteiger partial charge in [-0.1, -0.05) is 6.07 Å². The van der Waals surface area contributed by atoms with Gasteiger partial charge in [0, 0.05) is 11.9 Å². The van der Waals surface area contributed by atoms with E-state index in [1.165, 1.54) is 24.4 Å². The maximum atomic E-state index is 11.9. The number of aromatic nitrogens is 2. The number of rotatable bonds is 3. The van der Waals surface area contributed by atoms with Crippen molar-refractivity contribution in [2.24, 2.45) is 0 Å². The van der Waals surface area contributed by atoms with Crippen LogP contribution in [0.15, 0.2) is 47.5 Å². The van der Waals surface area contributed by atoms with Crippen LogP contribution >= 0.6 is 0 Å². The first-order chi connectivity index (χ1) is 8.08. The van der Waals surface area contributed by atoms with Crippen LogP contribution in [0.25, 0.3) is 0 Å². The summed E-state index contributed by atoms with van der Waals surface area (Å²) in [5.41, 5.74) is 5.91. The Morgan fingerprint density at radius 3 is 2.65 bits per heavy atom. The molecule has 3 N–H and O–H groups in total. The van der Waals surface area contributed by atoms with Gasteiger partial charge in [0.1, 0.15) is 0 Å². The predicted octanol–water partition coefficient (Wildman–Crippen LogP) is 0.860. The minimum Gasteiger partial charge on any atom is -0.399 e. The first-order valence-corrected chi connectivity index (χ1v) is 6.22. The zero-order chi connectivity index (χ0) is 12.3. The van der Waals surface area contributed by atoms with Gasteiger partial charge in [-0.15, -0.1) is 5.10 Å². The van der Waals surface area contributed by atoms with Crippen LogP contribution in [0.4, 0.5) is 11.5 Å². The third kappa shape index (κ3) is 2.70. The Kier molecular flexibility index (Phi) is 2.92. The third-order valence-corrected chi connectivity index (χ3v) is 3.33. The predicted molar refractivity (Wildman–Crippen MR) is 63.7 cm³/mol. The van der Waals surface area contributed by atoms with Gasteiger partial charge in [0.25, 0.3) is 10.0 Å². The number of sulfonamides is 1. The van der Waals surface area contributed by atoms with Gasteiger partial charge in [0.15, 0.2) is 5.82 Å². The lowest BCUT2D eigenvalue weighted by molar-refractivity contribution is 0.601. The second-order valence-electron chi connectivity index (χ2n) is 3.29. The van der Waals surface area contributed by atoms with E-state index in [9.17, 15) is 8.42 Å². The SMILES string of the molecule is Nc1cccc(S(=O)(=O)Nc2cccnn2)c1. The van der Waals surface area contributed by atoms with E-state index in [-0.39, 0.29) is 10.7 Å². The molecular formula is C10H10N4O2S. The summed E-state index contributed by atoms with van der Waals surface area (Å²) in [5.74, 6) is 0.162. The number of benzene rings is 1. The van der Waals surface area contributed by atoms with Crippen molar-refractivity contribution in [3.05, 3.63) is 42.6 Å². The molecule has 0 unspecified atom stereocenters. The van der Waals surface area contributed by atoms with Crippen LogP contribution < -0.4 is 10.5 Å². The summed E-state index contributed by atoms with van der Waals surface area (Å²) in [6.07, 6.45) is 1.46. The molecule has 6 nitrogen and oxygen atoms in total. The molecule has 1 aromatic carbocycles. The lowest BCUT2D eigenvalue weighted by atomic mass is 10.3. The Balaban J connectivity index is 2.32. The van der Waals surface area contributed by atoms with E-state index in [4.69, 9.17) is 5.73 Å². The van der Waals surface area contributed by atoms with E-state index < -0.39 is 10.0 Å². The fourth-order valence-corrected chi connectivity index (χ4v) is 2.29. The van der Waals surface area contributed by atoms with Crippen LogP contribution in [-0.4, -0.2) is 18.6 Å². The van der Waals surface area contributed by atoms with Gasteiger partial charge < -0.3 is 5.73 Å². The van der Waals surface area contributed by atoms with Crippen LogP contribution in [0.2, 0.25) is 0 Å². The van der Waals surface area contributed by atoms with Gasteiger partial charge in [-0.3, -0.25) is 4.72 Å². The molecule has 0 atom stereocenters. The topological polar surface area (TPSA) is 98.0 Å². The summed E-state index contributed by atoms with van der Waals surface area (Å²) in [7, 11) is -3.67. The molecule has 1 aromatic heterocycles. The molecule has 88 valence electrons. The average Bonchev–Trinajstić information content (AvgIpc) is 2.30. The quantitative estimate of drug-likeness (QED) is 0.787. The van der Waals surface area contributed by atoms with Crippen molar-refractivity contribution in [1.29, 1.82) is 0 Å². The molecule has 0 amide bonds. The third-order valence-electron chi connectivity index (χ3n) is 1.98. The van der Waals surface area contributed by atoms with Crippen molar-refractivity contribution in [3.8, 4) is 0 Å². The van der Waals surface area contributed by atoms with Gasteiger partial charge in [-0.05, 0) is 30.3 Å². The molecular weight excluding hydrogens is 240 g/mol. The number of anilines is 2. The van der Waals surface area contributed by atoms with Gasteiger partial charge in [0.2, 0.25) is 0 Å². The van der Waals surface area contributed by atoms with Crippen LogP contribution in [0.1, 0.15) is 0 Å². The molecule has 0 saturated carbocycles. The Morgan fingerprint density at radius 2 is 2.00 bits per heavy atom. The molecule has 1 heterocycles. The lowest BCUT2D eigenvalue weighted by Crippen LogP contribution is -2.14. The number of nitrogen functional groups attached to an aromatic ring is 1. The summed E-state index contributed by atoms with van der Waals surface area (Å²) in [5, 5.41) is 7.22. The molecule has 0 aliphatic carbocycles. The maximum Gasteiger partial charge on any atom is 0.263 e. The number of nitrogens with zero attached hydrogens (tertiary/aromatic N) is 2. The van der Waals surface area contributed by atoms with Crippen molar-refractivity contribution in [3.63, 3.8) is 0 Å². The van der Waals surface area contributed by atoms with Crippen LogP contribution in [0.5, 0.6) is 0 Å². The molecule has 0 aliphatic rings. The minimum absolute atomic E-state index is 0.0863. The van der Waals surface area contributed by atoms with Crippen molar-refractivity contribution >= 4 is 21.5 Å². The summed E-state index contributed by atoms with van der Waals surface area (Å²) in [6, 6.07) is 9.11. The first-order valence-electron chi connectivity index (χ1n) is 4.74. The normalized spacial score (nSPS) is 11.1.